The van der Waals surface area contributed by atoms with Gasteiger partial charge in [0, 0.05) is 43.8 Å². The van der Waals surface area contributed by atoms with Crippen LogP contribution in [0.2, 0.25) is 0 Å². The fourth-order valence-corrected chi connectivity index (χ4v) is 5.23. The molecule has 3 aromatic rings. The maximum atomic E-state index is 12.8. The van der Waals surface area contributed by atoms with E-state index in [0.717, 1.165) is 25.2 Å². The van der Waals surface area contributed by atoms with Crippen molar-refractivity contribution >= 4 is 5.91 Å². The summed E-state index contributed by atoms with van der Waals surface area (Å²) >= 11 is 0. The van der Waals surface area contributed by atoms with Crippen molar-refractivity contribution in [3.63, 3.8) is 0 Å². The highest BCUT2D eigenvalue weighted by atomic mass is 16.7. The summed E-state index contributed by atoms with van der Waals surface area (Å²) in [6.07, 6.45) is 1.25. The zero-order valence-electron chi connectivity index (χ0n) is 18.4. The molecular weight excluding hydrogens is 414 g/mol. The Morgan fingerprint density at radius 1 is 0.970 bits per heavy atom. The first kappa shape index (κ1) is 20.3. The van der Waals surface area contributed by atoms with Gasteiger partial charge < -0.3 is 20.1 Å². The van der Waals surface area contributed by atoms with E-state index in [2.05, 4.69) is 58.0 Å². The Morgan fingerprint density at radius 2 is 1.73 bits per heavy atom. The molecule has 6 rings (SSSR count). The molecule has 3 aliphatic rings. The first-order valence-electron chi connectivity index (χ1n) is 11.6. The molecule has 0 aliphatic carbocycles. The lowest BCUT2D eigenvalue weighted by Crippen LogP contribution is -2.43. The predicted octanol–water partition coefficient (Wildman–Crippen LogP) is 3.56. The summed E-state index contributed by atoms with van der Waals surface area (Å²) in [4.78, 5) is 15.4. The van der Waals surface area contributed by atoms with Crippen LogP contribution in [0.15, 0.2) is 66.7 Å². The minimum absolute atomic E-state index is 0.128. The van der Waals surface area contributed by atoms with Gasteiger partial charge in [-0.25, -0.2) is 0 Å². The fourth-order valence-electron chi connectivity index (χ4n) is 5.23. The molecule has 6 heteroatoms. The van der Waals surface area contributed by atoms with Crippen LogP contribution >= 0.6 is 0 Å². The van der Waals surface area contributed by atoms with Crippen LogP contribution in [0.25, 0.3) is 11.1 Å². The van der Waals surface area contributed by atoms with E-state index in [9.17, 15) is 4.79 Å². The number of carbonyl (C=O) groups is 1. The second-order valence-corrected chi connectivity index (χ2v) is 8.99. The van der Waals surface area contributed by atoms with E-state index in [1.54, 1.807) is 18.2 Å². The van der Waals surface area contributed by atoms with Gasteiger partial charge in [0.05, 0.1) is 0 Å². The topological polar surface area (TPSA) is 62.8 Å². The lowest BCUT2D eigenvalue weighted by molar-refractivity contribution is 0.0950. The first-order valence-corrected chi connectivity index (χ1v) is 11.6. The quantitative estimate of drug-likeness (QED) is 0.613. The lowest BCUT2D eigenvalue weighted by Gasteiger charge is -2.28. The van der Waals surface area contributed by atoms with E-state index in [0.29, 0.717) is 35.7 Å². The number of amides is 1. The van der Waals surface area contributed by atoms with Crippen LogP contribution in [-0.2, 0) is 13.1 Å². The molecule has 0 aromatic heterocycles. The first-order chi connectivity index (χ1) is 16.2. The summed E-state index contributed by atoms with van der Waals surface area (Å²) in [6, 6.07) is 23.5. The summed E-state index contributed by atoms with van der Waals surface area (Å²) in [7, 11) is 0. The molecule has 2 bridgehead atoms. The van der Waals surface area contributed by atoms with E-state index in [1.807, 2.05) is 6.07 Å². The molecular formula is C27H27N3O3. The van der Waals surface area contributed by atoms with Gasteiger partial charge in [0.2, 0.25) is 6.79 Å². The molecule has 0 saturated carbocycles. The SMILES string of the molecule is O=C(NCc1ccccc1-c1ccccc1CN1C[C@@H]2C[C@H]1CN2)c1ccc2c(c1)OCO2. The largest absolute Gasteiger partial charge is 0.454 e. The van der Waals surface area contributed by atoms with E-state index in [4.69, 9.17) is 9.47 Å². The van der Waals surface area contributed by atoms with E-state index in [1.165, 1.54) is 23.1 Å². The van der Waals surface area contributed by atoms with Crippen molar-refractivity contribution in [2.75, 3.05) is 19.9 Å². The highest BCUT2D eigenvalue weighted by Crippen LogP contribution is 2.33. The Morgan fingerprint density at radius 3 is 2.52 bits per heavy atom. The highest BCUT2D eigenvalue weighted by Gasteiger charge is 2.37. The van der Waals surface area contributed by atoms with Crippen LogP contribution in [0.4, 0.5) is 0 Å². The molecule has 2 saturated heterocycles. The molecule has 2 N–H and O–H groups in total. The van der Waals surface area contributed by atoms with Gasteiger partial charge in [-0.15, -0.1) is 0 Å². The number of benzene rings is 3. The van der Waals surface area contributed by atoms with Crippen LogP contribution in [0.1, 0.15) is 27.9 Å². The van der Waals surface area contributed by atoms with Crippen LogP contribution in [0.5, 0.6) is 11.5 Å². The summed E-state index contributed by atoms with van der Waals surface area (Å²) < 4.78 is 10.7. The summed E-state index contributed by atoms with van der Waals surface area (Å²) in [5.41, 5.74) is 5.40. The number of nitrogens with zero attached hydrogens (tertiary/aromatic N) is 1. The van der Waals surface area contributed by atoms with Crippen molar-refractivity contribution in [2.24, 2.45) is 0 Å². The van der Waals surface area contributed by atoms with E-state index < -0.39 is 0 Å². The van der Waals surface area contributed by atoms with Crippen molar-refractivity contribution in [3.05, 3.63) is 83.4 Å². The second-order valence-electron chi connectivity index (χ2n) is 8.99. The average Bonchev–Trinajstić information content (AvgIpc) is 3.60. The van der Waals surface area contributed by atoms with Gasteiger partial charge in [-0.3, -0.25) is 9.69 Å². The number of nitrogens with one attached hydrogen (secondary N) is 2. The molecule has 3 aromatic carbocycles. The summed E-state index contributed by atoms with van der Waals surface area (Å²) in [5, 5.41) is 6.66. The molecule has 168 valence electrons. The van der Waals surface area contributed by atoms with Gasteiger partial charge in [0.25, 0.3) is 5.91 Å². The van der Waals surface area contributed by atoms with E-state index >= 15 is 0 Å². The number of hydrogen-bond acceptors (Lipinski definition) is 5. The predicted molar refractivity (Wildman–Crippen MR) is 126 cm³/mol. The normalized spacial score (nSPS) is 20.8. The fraction of sp³-hybridized carbons (Fsp3) is 0.296. The third kappa shape index (κ3) is 3.96. The van der Waals surface area contributed by atoms with Crippen LogP contribution in [0.3, 0.4) is 0 Å². The molecule has 0 unspecified atom stereocenters. The second kappa shape index (κ2) is 8.54. The van der Waals surface area contributed by atoms with Crippen molar-refractivity contribution in [1.82, 2.24) is 15.5 Å². The summed E-state index contributed by atoms with van der Waals surface area (Å²) in [5.74, 6) is 1.16. The maximum Gasteiger partial charge on any atom is 0.251 e. The van der Waals surface area contributed by atoms with Gasteiger partial charge in [0.15, 0.2) is 11.5 Å². The molecule has 33 heavy (non-hydrogen) atoms. The third-order valence-electron chi connectivity index (χ3n) is 6.94. The monoisotopic (exact) mass is 441 g/mol. The molecule has 2 atom stereocenters. The number of piperazine rings is 1. The minimum atomic E-state index is -0.128. The Balaban J connectivity index is 1.21. The Bertz CT molecular complexity index is 1190. The smallest absolute Gasteiger partial charge is 0.251 e. The number of likely N-dealkylation sites (tertiary alicyclic amines) is 1. The highest BCUT2D eigenvalue weighted by molar-refractivity contribution is 5.95. The van der Waals surface area contributed by atoms with Crippen molar-refractivity contribution < 1.29 is 14.3 Å². The van der Waals surface area contributed by atoms with Crippen molar-refractivity contribution in [2.45, 2.75) is 31.6 Å². The Labute approximate surface area is 193 Å². The van der Waals surface area contributed by atoms with Crippen LogP contribution < -0.4 is 20.1 Å². The average molecular weight is 442 g/mol. The number of rotatable bonds is 6. The lowest BCUT2D eigenvalue weighted by atomic mass is 9.94. The van der Waals surface area contributed by atoms with Gasteiger partial charge >= 0.3 is 0 Å². The van der Waals surface area contributed by atoms with E-state index in [-0.39, 0.29) is 12.7 Å². The Kier molecular flexibility index (Phi) is 5.24. The van der Waals surface area contributed by atoms with Crippen LogP contribution in [-0.4, -0.2) is 42.8 Å². The van der Waals surface area contributed by atoms with Gasteiger partial charge in [-0.1, -0.05) is 48.5 Å². The van der Waals surface area contributed by atoms with Gasteiger partial charge in [-0.2, -0.15) is 0 Å². The van der Waals surface area contributed by atoms with Crippen molar-refractivity contribution in [3.8, 4) is 22.6 Å². The maximum absolute atomic E-state index is 12.8. The number of carbonyl (C=O) groups excluding carboxylic acids is 1. The van der Waals surface area contributed by atoms with Crippen molar-refractivity contribution in [1.29, 1.82) is 0 Å². The number of ether oxygens (including phenoxy) is 2. The molecule has 6 nitrogen and oxygen atoms in total. The third-order valence-corrected chi connectivity index (χ3v) is 6.94. The zero-order chi connectivity index (χ0) is 22.2. The molecule has 3 aliphatic heterocycles. The molecule has 3 heterocycles. The van der Waals surface area contributed by atoms with Gasteiger partial charge in [-0.05, 0) is 46.9 Å². The van der Waals surface area contributed by atoms with Gasteiger partial charge in [0.1, 0.15) is 0 Å². The molecule has 0 radical (unpaired) electrons. The summed E-state index contributed by atoms with van der Waals surface area (Å²) in [6.45, 7) is 3.82. The zero-order valence-corrected chi connectivity index (χ0v) is 18.4. The molecule has 2 fully saturated rings. The molecule has 0 spiro atoms. The van der Waals surface area contributed by atoms with Crippen LogP contribution in [0, 0.1) is 0 Å². The number of fused-ring (bicyclic) bond motifs is 3. The minimum Gasteiger partial charge on any atom is -0.454 e. The Hall–Kier alpha value is -3.35. The standard InChI is InChI=1S/C27H27N3O3/c31-27(18-9-10-25-26(11-18)33-17-32-25)29-13-19-5-1-3-7-23(19)24-8-4-2-6-20(24)15-30-16-21-12-22(30)14-28-21/h1-11,21-22,28H,12-17H2,(H,29,31)/t21-,22-/m0/s1. The number of hydrogen-bond donors (Lipinski definition) is 2. The molecule has 1 amide bonds.